The van der Waals surface area contributed by atoms with Gasteiger partial charge in [0.15, 0.2) is 11.5 Å². The second kappa shape index (κ2) is 10.3. The molecule has 0 radical (unpaired) electrons. The van der Waals surface area contributed by atoms with Crippen LogP contribution < -0.4 is 15.4 Å². The van der Waals surface area contributed by atoms with Gasteiger partial charge in [0, 0.05) is 35.5 Å². The average molecular weight is 456 g/mol. The number of anilines is 1. The van der Waals surface area contributed by atoms with Gasteiger partial charge >= 0.3 is 0 Å². The van der Waals surface area contributed by atoms with Crippen molar-refractivity contribution in [1.29, 1.82) is 0 Å². The quantitative estimate of drug-likeness (QED) is 0.530. The molecule has 0 saturated carbocycles. The number of rotatable bonds is 8. The van der Waals surface area contributed by atoms with Crippen LogP contribution in [0.1, 0.15) is 39.4 Å². The van der Waals surface area contributed by atoms with Gasteiger partial charge in [-0.3, -0.25) is 9.59 Å². The topological polar surface area (TPSA) is 103 Å². The number of hydrogen-bond acceptors (Lipinski definition) is 6. The predicted molar refractivity (Wildman–Crippen MR) is 118 cm³/mol. The van der Waals surface area contributed by atoms with E-state index in [2.05, 4.69) is 15.8 Å². The molecule has 166 valence electrons. The molecule has 2 amide bonds. The molecular formula is C23H22ClN3O5. The minimum Gasteiger partial charge on any atom is -0.486 e. The summed E-state index contributed by atoms with van der Waals surface area (Å²) in [5.74, 6) is 0.431. The Hall–Kier alpha value is -3.36. The molecule has 3 aromatic rings. The zero-order chi connectivity index (χ0) is 22.3. The monoisotopic (exact) mass is 455 g/mol. The van der Waals surface area contributed by atoms with Gasteiger partial charge in [0.1, 0.15) is 12.4 Å². The molecule has 1 fully saturated rings. The molecule has 32 heavy (non-hydrogen) atoms. The lowest BCUT2D eigenvalue weighted by Gasteiger charge is -2.09. The molecule has 1 aliphatic rings. The molecule has 4 rings (SSSR count). The van der Waals surface area contributed by atoms with Crippen LogP contribution in [0.25, 0.3) is 0 Å². The van der Waals surface area contributed by atoms with E-state index in [4.69, 9.17) is 25.6 Å². The zero-order valence-electron chi connectivity index (χ0n) is 17.2. The highest BCUT2D eigenvalue weighted by Gasteiger charge is 2.18. The van der Waals surface area contributed by atoms with E-state index in [1.165, 1.54) is 0 Å². The van der Waals surface area contributed by atoms with Crippen molar-refractivity contribution in [3.8, 4) is 5.75 Å². The molecule has 2 aromatic carbocycles. The van der Waals surface area contributed by atoms with E-state index >= 15 is 0 Å². The molecule has 1 saturated heterocycles. The molecular weight excluding hydrogens is 434 g/mol. The van der Waals surface area contributed by atoms with Gasteiger partial charge in [-0.05, 0) is 55.3 Å². The van der Waals surface area contributed by atoms with E-state index in [1.54, 1.807) is 54.6 Å². The highest BCUT2D eigenvalue weighted by Crippen LogP contribution is 2.19. The summed E-state index contributed by atoms with van der Waals surface area (Å²) in [6.07, 6.45) is 2.02. The Bertz CT molecular complexity index is 1080. The fourth-order valence-corrected chi connectivity index (χ4v) is 3.40. The Morgan fingerprint density at radius 1 is 1.12 bits per heavy atom. The standard InChI is InChI=1S/C23H22ClN3O5/c24-16-4-1-3-15(11-16)22(28)26-17-6-8-18(9-7-17)31-14-20-12-21(27-32-20)23(29)25-13-19-5-2-10-30-19/h1,3-4,6-9,11-12,19H,2,5,10,13-14H2,(H,25,29)(H,26,28)/t19-/m0/s1. The van der Waals surface area contributed by atoms with Crippen molar-refractivity contribution < 1.29 is 23.6 Å². The number of nitrogens with one attached hydrogen (secondary N) is 2. The summed E-state index contributed by atoms with van der Waals surface area (Å²) in [5.41, 5.74) is 1.28. The van der Waals surface area contributed by atoms with Crippen molar-refractivity contribution in [1.82, 2.24) is 10.5 Å². The van der Waals surface area contributed by atoms with Gasteiger partial charge in [-0.15, -0.1) is 0 Å². The normalized spacial score (nSPS) is 15.3. The first-order chi connectivity index (χ1) is 15.6. The summed E-state index contributed by atoms with van der Waals surface area (Å²) in [7, 11) is 0. The summed E-state index contributed by atoms with van der Waals surface area (Å²) in [4.78, 5) is 24.4. The van der Waals surface area contributed by atoms with Gasteiger partial charge in [-0.25, -0.2) is 0 Å². The minimum absolute atomic E-state index is 0.0619. The Morgan fingerprint density at radius 2 is 1.97 bits per heavy atom. The number of hydrogen-bond donors (Lipinski definition) is 2. The van der Waals surface area contributed by atoms with Crippen LogP contribution in [0.3, 0.4) is 0 Å². The molecule has 0 unspecified atom stereocenters. The molecule has 2 heterocycles. The van der Waals surface area contributed by atoms with E-state index < -0.39 is 0 Å². The molecule has 0 spiro atoms. The van der Waals surface area contributed by atoms with Gasteiger partial charge < -0.3 is 24.6 Å². The lowest BCUT2D eigenvalue weighted by Crippen LogP contribution is -2.31. The van der Waals surface area contributed by atoms with Crippen molar-refractivity contribution in [3.63, 3.8) is 0 Å². The first kappa shape index (κ1) is 21.9. The fraction of sp³-hybridized carbons (Fsp3) is 0.261. The van der Waals surface area contributed by atoms with Gasteiger partial charge in [0.2, 0.25) is 0 Å². The lowest BCUT2D eigenvalue weighted by atomic mass is 10.2. The highest BCUT2D eigenvalue weighted by atomic mass is 35.5. The zero-order valence-corrected chi connectivity index (χ0v) is 17.9. The van der Waals surface area contributed by atoms with E-state index in [9.17, 15) is 9.59 Å². The van der Waals surface area contributed by atoms with Crippen LogP contribution >= 0.6 is 11.6 Å². The van der Waals surface area contributed by atoms with Crippen molar-refractivity contribution in [3.05, 3.63) is 76.6 Å². The van der Waals surface area contributed by atoms with Crippen LogP contribution in [-0.2, 0) is 11.3 Å². The van der Waals surface area contributed by atoms with Crippen LogP contribution in [0, 0.1) is 0 Å². The lowest BCUT2D eigenvalue weighted by molar-refractivity contribution is 0.0850. The Labute approximate surface area is 189 Å². The van der Waals surface area contributed by atoms with Gasteiger partial charge in [0.25, 0.3) is 11.8 Å². The van der Waals surface area contributed by atoms with Gasteiger partial charge in [-0.2, -0.15) is 0 Å². The van der Waals surface area contributed by atoms with Crippen molar-refractivity contribution in [2.24, 2.45) is 0 Å². The third-order valence-corrected chi connectivity index (χ3v) is 5.12. The van der Waals surface area contributed by atoms with Crippen molar-refractivity contribution in [2.75, 3.05) is 18.5 Å². The molecule has 1 aliphatic heterocycles. The van der Waals surface area contributed by atoms with Gasteiger partial charge in [-0.1, -0.05) is 22.8 Å². The maximum absolute atomic E-state index is 12.3. The number of carbonyl (C=O) groups is 2. The minimum atomic E-state index is -0.310. The summed E-state index contributed by atoms with van der Waals surface area (Å²) >= 11 is 5.92. The van der Waals surface area contributed by atoms with Crippen molar-refractivity contribution in [2.45, 2.75) is 25.6 Å². The number of aromatic nitrogens is 1. The maximum Gasteiger partial charge on any atom is 0.273 e. The van der Waals surface area contributed by atoms with Crippen LogP contribution in [0.4, 0.5) is 5.69 Å². The van der Waals surface area contributed by atoms with Crippen LogP contribution in [0.5, 0.6) is 5.75 Å². The number of halogens is 1. The molecule has 0 bridgehead atoms. The number of ether oxygens (including phenoxy) is 2. The number of carbonyl (C=O) groups excluding carboxylic acids is 2. The average Bonchev–Trinajstić information content (AvgIpc) is 3.49. The molecule has 9 heteroatoms. The van der Waals surface area contributed by atoms with Gasteiger partial charge in [0.05, 0.1) is 6.10 Å². The second-order valence-corrected chi connectivity index (χ2v) is 7.74. The summed E-state index contributed by atoms with van der Waals surface area (Å²) < 4.78 is 16.3. The third kappa shape index (κ3) is 5.87. The van der Waals surface area contributed by atoms with Crippen LogP contribution in [-0.4, -0.2) is 36.2 Å². The number of amides is 2. The van der Waals surface area contributed by atoms with Crippen molar-refractivity contribution >= 4 is 29.1 Å². The summed E-state index contributed by atoms with van der Waals surface area (Å²) in [5, 5.41) is 9.88. The third-order valence-electron chi connectivity index (χ3n) is 4.89. The Morgan fingerprint density at radius 3 is 2.72 bits per heavy atom. The fourth-order valence-electron chi connectivity index (χ4n) is 3.21. The van der Waals surface area contributed by atoms with E-state index in [1.807, 2.05) is 0 Å². The second-order valence-electron chi connectivity index (χ2n) is 7.30. The van der Waals surface area contributed by atoms with Crippen LogP contribution in [0.15, 0.2) is 59.1 Å². The molecule has 8 nitrogen and oxygen atoms in total. The molecule has 2 N–H and O–H groups in total. The largest absolute Gasteiger partial charge is 0.486 e. The van der Waals surface area contributed by atoms with E-state index in [0.29, 0.717) is 34.3 Å². The number of benzene rings is 2. The first-order valence-electron chi connectivity index (χ1n) is 10.2. The Balaban J connectivity index is 1.25. The molecule has 0 aliphatic carbocycles. The molecule has 1 atom stereocenters. The number of nitrogens with zero attached hydrogens (tertiary/aromatic N) is 1. The Kier molecular flexibility index (Phi) is 7.03. The van der Waals surface area contributed by atoms with Crippen LogP contribution in [0.2, 0.25) is 5.02 Å². The predicted octanol–water partition coefficient (Wildman–Crippen LogP) is 4.07. The maximum atomic E-state index is 12.3. The summed E-state index contributed by atoms with van der Waals surface area (Å²) in [6, 6.07) is 15.2. The van der Waals surface area contributed by atoms with E-state index in [-0.39, 0.29) is 30.2 Å². The first-order valence-corrected chi connectivity index (χ1v) is 10.6. The summed E-state index contributed by atoms with van der Waals surface area (Å²) in [6.45, 7) is 1.30. The SMILES string of the molecule is O=C(Nc1ccc(OCc2cc(C(=O)NC[C@@H]3CCCO3)no2)cc1)c1cccc(Cl)c1. The highest BCUT2D eigenvalue weighted by molar-refractivity contribution is 6.31. The smallest absolute Gasteiger partial charge is 0.273 e. The van der Waals surface area contributed by atoms with E-state index in [0.717, 1.165) is 19.4 Å². The molecule has 1 aromatic heterocycles.